The molecule has 0 saturated carbocycles. The Morgan fingerprint density at radius 1 is 1.40 bits per heavy atom. The standard InChI is InChI=1S/C17H22N4O4/c1-11(2)25-16(22)10-24-14-6-5-13(7-15(14)23-4)8-19-21-9-12(3)20-17(21)18/h5-9,11H,10H2,1-4H3,(H2,18,20). The number of methoxy groups -OCH3 is 1. The Morgan fingerprint density at radius 2 is 2.16 bits per heavy atom. The molecule has 1 aromatic carbocycles. The van der Waals surface area contributed by atoms with Crippen LogP contribution in [0, 0.1) is 6.92 Å². The van der Waals surface area contributed by atoms with Gasteiger partial charge in [0, 0.05) is 0 Å². The number of imidazole rings is 1. The van der Waals surface area contributed by atoms with Gasteiger partial charge in [0.1, 0.15) is 0 Å². The molecule has 0 bridgehead atoms. The van der Waals surface area contributed by atoms with Gasteiger partial charge in [0.25, 0.3) is 0 Å². The van der Waals surface area contributed by atoms with Crippen LogP contribution in [0.4, 0.5) is 5.95 Å². The molecule has 2 N–H and O–H groups in total. The van der Waals surface area contributed by atoms with Crippen LogP contribution >= 0.6 is 0 Å². The summed E-state index contributed by atoms with van der Waals surface area (Å²) in [6.45, 7) is 5.21. The second kappa shape index (κ2) is 8.18. The fourth-order valence-corrected chi connectivity index (χ4v) is 2.04. The molecule has 0 amide bonds. The second-order valence-corrected chi connectivity index (χ2v) is 5.57. The lowest BCUT2D eigenvalue weighted by atomic mass is 10.2. The predicted molar refractivity (Wildman–Crippen MR) is 94.1 cm³/mol. The maximum Gasteiger partial charge on any atom is 0.344 e. The number of aryl methyl sites for hydroxylation is 1. The summed E-state index contributed by atoms with van der Waals surface area (Å²) in [4.78, 5) is 15.6. The summed E-state index contributed by atoms with van der Waals surface area (Å²) in [6.07, 6.45) is 3.16. The number of esters is 1. The quantitative estimate of drug-likeness (QED) is 0.608. The zero-order valence-electron chi connectivity index (χ0n) is 14.7. The second-order valence-electron chi connectivity index (χ2n) is 5.57. The monoisotopic (exact) mass is 346 g/mol. The van der Waals surface area contributed by atoms with Crippen molar-refractivity contribution in [2.75, 3.05) is 19.5 Å². The van der Waals surface area contributed by atoms with E-state index in [1.165, 1.54) is 11.8 Å². The Balaban J connectivity index is 2.08. The van der Waals surface area contributed by atoms with Crippen molar-refractivity contribution in [3.05, 3.63) is 35.7 Å². The SMILES string of the molecule is COc1cc(C=Nn2cc(C)nc2N)ccc1OCC(=O)OC(C)C. The lowest BCUT2D eigenvalue weighted by molar-refractivity contribution is -0.149. The van der Waals surface area contributed by atoms with Gasteiger partial charge in [0.2, 0.25) is 5.95 Å². The number of anilines is 1. The van der Waals surface area contributed by atoms with E-state index in [-0.39, 0.29) is 12.7 Å². The highest BCUT2D eigenvalue weighted by Crippen LogP contribution is 2.27. The van der Waals surface area contributed by atoms with E-state index in [4.69, 9.17) is 19.9 Å². The summed E-state index contributed by atoms with van der Waals surface area (Å²) in [5, 5.41) is 4.24. The first kappa shape index (κ1) is 18.3. The van der Waals surface area contributed by atoms with Gasteiger partial charge < -0.3 is 19.9 Å². The van der Waals surface area contributed by atoms with E-state index in [0.29, 0.717) is 17.4 Å². The summed E-state index contributed by atoms with van der Waals surface area (Å²) < 4.78 is 17.3. The first-order valence-corrected chi connectivity index (χ1v) is 7.75. The summed E-state index contributed by atoms with van der Waals surface area (Å²) in [5.74, 6) is 0.799. The van der Waals surface area contributed by atoms with Crippen LogP contribution in [0.3, 0.4) is 0 Å². The number of ether oxygens (including phenoxy) is 3. The van der Waals surface area contributed by atoms with Crippen LogP contribution < -0.4 is 15.2 Å². The van der Waals surface area contributed by atoms with Crippen LogP contribution in [0.5, 0.6) is 11.5 Å². The summed E-state index contributed by atoms with van der Waals surface area (Å²) >= 11 is 0. The van der Waals surface area contributed by atoms with Crippen LogP contribution in [-0.4, -0.2) is 41.7 Å². The van der Waals surface area contributed by atoms with Crippen LogP contribution in [0.15, 0.2) is 29.5 Å². The van der Waals surface area contributed by atoms with Gasteiger partial charge in [0.15, 0.2) is 18.1 Å². The Hall–Kier alpha value is -3.03. The molecule has 0 radical (unpaired) electrons. The van der Waals surface area contributed by atoms with Crippen molar-refractivity contribution < 1.29 is 19.0 Å². The number of hydrogen-bond donors (Lipinski definition) is 1. The molecule has 25 heavy (non-hydrogen) atoms. The highest BCUT2D eigenvalue weighted by atomic mass is 16.6. The average molecular weight is 346 g/mol. The number of nitrogen functional groups attached to an aromatic ring is 1. The van der Waals surface area contributed by atoms with E-state index >= 15 is 0 Å². The summed E-state index contributed by atoms with van der Waals surface area (Å²) in [6, 6.07) is 5.23. The molecule has 134 valence electrons. The van der Waals surface area contributed by atoms with Gasteiger partial charge in [-0.15, -0.1) is 0 Å². The van der Waals surface area contributed by atoms with Crippen LogP contribution in [-0.2, 0) is 9.53 Å². The third-order valence-electron chi connectivity index (χ3n) is 3.07. The van der Waals surface area contributed by atoms with E-state index in [2.05, 4.69) is 10.1 Å². The topological polar surface area (TPSA) is 101 Å². The molecule has 0 atom stereocenters. The number of nitrogens with two attached hydrogens (primary N) is 1. The minimum absolute atomic E-state index is 0.184. The summed E-state index contributed by atoms with van der Waals surface area (Å²) in [5.41, 5.74) is 7.30. The van der Waals surface area contributed by atoms with E-state index in [1.807, 2.05) is 6.92 Å². The zero-order valence-corrected chi connectivity index (χ0v) is 14.7. The van der Waals surface area contributed by atoms with Crippen LogP contribution in [0.1, 0.15) is 25.1 Å². The average Bonchev–Trinajstić information content (AvgIpc) is 2.88. The minimum atomic E-state index is -0.436. The molecule has 0 aliphatic heterocycles. The molecule has 8 nitrogen and oxygen atoms in total. The van der Waals surface area contributed by atoms with E-state index in [9.17, 15) is 4.79 Å². The highest BCUT2D eigenvalue weighted by Gasteiger charge is 2.10. The van der Waals surface area contributed by atoms with Gasteiger partial charge in [0.05, 0.1) is 31.3 Å². The van der Waals surface area contributed by atoms with Gasteiger partial charge in [-0.3, -0.25) is 0 Å². The minimum Gasteiger partial charge on any atom is -0.493 e. The van der Waals surface area contributed by atoms with Crippen molar-refractivity contribution in [2.45, 2.75) is 26.9 Å². The number of nitrogens with zero attached hydrogens (tertiary/aromatic N) is 3. The Bertz CT molecular complexity index is 768. The molecular formula is C17H22N4O4. The lowest BCUT2D eigenvalue weighted by Gasteiger charge is -2.12. The van der Waals surface area contributed by atoms with Crippen molar-refractivity contribution in [3.8, 4) is 11.5 Å². The molecule has 8 heteroatoms. The van der Waals surface area contributed by atoms with Gasteiger partial charge in [-0.1, -0.05) is 0 Å². The molecule has 0 unspecified atom stereocenters. The Labute approximate surface area is 146 Å². The maximum absolute atomic E-state index is 11.6. The first-order valence-electron chi connectivity index (χ1n) is 7.75. The number of carbonyl (C=O) groups excluding carboxylic acids is 1. The fraction of sp³-hybridized carbons (Fsp3) is 0.353. The molecule has 0 spiro atoms. The van der Waals surface area contributed by atoms with Gasteiger partial charge >= 0.3 is 5.97 Å². The fourth-order valence-electron chi connectivity index (χ4n) is 2.04. The Morgan fingerprint density at radius 3 is 2.76 bits per heavy atom. The molecule has 1 aromatic heterocycles. The number of aromatic nitrogens is 2. The van der Waals surface area contributed by atoms with E-state index in [1.54, 1.807) is 44.5 Å². The smallest absolute Gasteiger partial charge is 0.344 e. The normalized spacial score (nSPS) is 11.1. The molecule has 0 aliphatic rings. The molecule has 0 saturated heterocycles. The largest absolute Gasteiger partial charge is 0.493 e. The molecule has 0 aliphatic carbocycles. The molecular weight excluding hydrogens is 324 g/mol. The Kier molecular flexibility index (Phi) is 5.99. The first-order chi connectivity index (χ1) is 11.9. The van der Waals surface area contributed by atoms with Crippen molar-refractivity contribution in [1.82, 2.24) is 9.66 Å². The van der Waals surface area contributed by atoms with Crippen molar-refractivity contribution in [2.24, 2.45) is 5.10 Å². The lowest BCUT2D eigenvalue weighted by Crippen LogP contribution is -2.18. The van der Waals surface area contributed by atoms with Crippen molar-refractivity contribution in [3.63, 3.8) is 0 Å². The van der Waals surface area contributed by atoms with E-state index < -0.39 is 5.97 Å². The number of carbonyl (C=O) groups is 1. The van der Waals surface area contributed by atoms with E-state index in [0.717, 1.165) is 11.3 Å². The van der Waals surface area contributed by atoms with Crippen LogP contribution in [0.25, 0.3) is 0 Å². The van der Waals surface area contributed by atoms with Crippen molar-refractivity contribution in [1.29, 1.82) is 0 Å². The zero-order chi connectivity index (χ0) is 18.4. The predicted octanol–water partition coefficient (Wildman–Crippen LogP) is 1.99. The van der Waals surface area contributed by atoms with Gasteiger partial charge in [-0.25, -0.2) is 14.5 Å². The van der Waals surface area contributed by atoms with Crippen molar-refractivity contribution >= 4 is 18.1 Å². The highest BCUT2D eigenvalue weighted by molar-refractivity contribution is 5.81. The molecule has 1 heterocycles. The molecule has 0 fully saturated rings. The van der Waals surface area contributed by atoms with Gasteiger partial charge in [-0.2, -0.15) is 5.10 Å². The maximum atomic E-state index is 11.6. The number of benzene rings is 1. The third-order valence-corrected chi connectivity index (χ3v) is 3.07. The molecule has 2 rings (SSSR count). The van der Waals surface area contributed by atoms with Gasteiger partial charge in [-0.05, 0) is 44.5 Å². The number of rotatable bonds is 7. The van der Waals surface area contributed by atoms with Crippen LogP contribution in [0.2, 0.25) is 0 Å². The molecule has 2 aromatic rings. The summed E-state index contributed by atoms with van der Waals surface area (Å²) in [7, 11) is 1.52. The third kappa shape index (κ3) is 5.23. The number of hydrogen-bond acceptors (Lipinski definition) is 7.